The summed E-state index contributed by atoms with van der Waals surface area (Å²) in [5.74, 6) is 0. The molecule has 1 atom stereocenters. The zero-order valence-corrected chi connectivity index (χ0v) is 12.0. The van der Waals surface area contributed by atoms with Crippen molar-refractivity contribution in [2.45, 2.75) is 30.0 Å². The number of nitrogens with zero attached hydrogens (tertiary/aromatic N) is 1. The normalized spacial score (nSPS) is 13.8. The summed E-state index contributed by atoms with van der Waals surface area (Å²) < 4.78 is 31.8. The van der Waals surface area contributed by atoms with Crippen molar-refractivity contribution in [2.24, 2.45) is 0 Å². The maximum Gasteiger partial charge on any atom is 0.252 e. The van der Waals surface area contributed by atoms with Gasteiger partial charge in [0.05, 0.1) is 12.8 Å². The minimum Gasteiger partial charge on any atom is -0.383 e. The molecule has 0 spiro atoms. The summed E-state index contributed by atoms with van der Waals surface area (Å²) in [5.41, 5.74) is 0. The van der Waals surface area contributed by atoms with Crippen molar-refractivity contribution in [3.63, 3.8) is 0 Å². The van der Waals surface area contributed by atoms with E-state index in [9.17, 15) is 8.42 Å². The number of thiazole rings is 1. The minimum atomic E-state index is -3.54. The van der Waals surface area contributed by atoms with Gasteiger partial charge in [0.1, 0.15) is 0 Å². The van der Waals surface area contributed by atoms with Crippen LogP contribution in [-0.2, 0) is 14.8 Å². The minimum absolute atomic E-state index is 0.125. The Morgan fingerprint density at radius 1 is 1.65 bits per heavy atom. The summed E-state index contributed by atoms with van der Waals surface area (Å²) in [6, 6.07) is -0.226. The van der Waals surface area contributed by atoms with Gasteiger partial charge in [0, 0.05) is 13.2 Å². The Bertz CT molecular complexity index is 441. The van der Waals surface area contributed by atoms with Crippen LogP contribution in [0.4, 0.5) is 0 Å². The lowest BCUT2D eigenvalue weighted by atomic mass is 10.2. The average molecular weight is 299 g/mol. The van der Waals surface area contributed by atoms with Crippen molar-refractivity contribution in [3.05, 3.63) is 10.7 Å². The first-order valence-corrected chi connectivity index (χ1v) is 7.80. The van der Waals surface area contributed by atoms with Crippen molar-refractivity contribution < 1.29 is 13.2 Å². The van der Waals surface area contributed by atoms with Gasteiger partial charge in [0.2, 0.25) is 0 Å². The van der Waals surface area contributed by atoms with E-state index in [2.05, 4.69) is 9.71 Å². The van der Waals surface area contributed by atoms with Gasteiger partial charge in [-0.2, -0.15) is 0 Å². The molecule has 1 unspecified atom stereocenters. The molecule has 0 aliphatic rings. The third kappa shape index (κ3) is 4.51. The van der Waals surface area contributed by atoms with Gasteiger partial charge in [0.25, 0.3) is 10.0 Å². The molecule has 1 rings (SSSR count). The Morgan fingerprint density at radius 2 is 2.35 bits per heavy atom. The molecule has 0 aliphatic carbocycles. The van der Waals surface area contributed by atoms with Gasteiger partial charge in [-0.1, -0.05) is 36.3 Å². The van der Waals surface area contributed by atoms with Crippen LogP contribution in [0.15, 0.2) is 10.4 Å². The van der Waals surface area contributed by atoms with Crippen LogP contribution >= 0.6 is 22.9 Å². The van der Waals surface area contributed by atoms with E-state index in [0.717, 1.165) is 24.2 Å². The number of ether oxygens (including phenoxy) is 1. The molecule has 0 saturated carbocycles. The fraction of sp³-hybridized carbons (Fsp3) is 0.667. The van der Waals surface area contributed by atoms with Crippen LogP contribution in [0.1, 0.15) is 19.8 Å². The van der Waals surface area contributed by atoms with Crippen LogP contribution in [-0.4, -0.2) is 33.2 Å². The number of methoxy groups -OCH3 is 1. The van der Waals surface area contributed by atoms with Crippen molar-refractivity contribution in [1.29, 1.82) is 0 Å². The molecule has 0 radical (unpaired) electrons. The number of sulfonamides is 1. The first-order valence-electron chi connectivity index (χ1n) is 5.12. The molecule has 1 aromatic rings. The van der Waals surface area contributed by atoms with Crippen LogP contribution < -0.4 is 4.72 Å². The molecule has 1 heterocycles. The van der Waals surface area contributed by atoms with Gasteiger partial charge in [0.15, 0.2) is 8.68 Å². The van der Waals surface area contributed by atoms with Crippen molar-refractivity contribution in [2.75, 3.05) is 13.7 Å². The van der Waals surface area contributed by atoms with Crippen LogP contribution in [0.3, 0.4) is 0 Å². The van der Waals surface area contributed by atoms with Crippen LogP contribution in [0.25, 0.3) is 0 Å². The first-order chi connectivity index (χ1) is 7.99. The predicted molar refractivity (Wildman–Crippen MR) is 68.0 cm³/mol. The topological polar surface area (TPSA) is 68.3 Å². The van der Waals surface area contributed by atoms with Gasteiger partial charge in [-0.25, -0.2) is 18.1 Å². The number of halogens is 1. The molecule has 0 aliphatic heterocycles. The summed E-state index contributed by atoms with van der Waals surface area (Å²) in [6.45, 7) is 2.33. The van der Waals surface area contributed by atoms with Crippen molar-refractivity contribution in [1.82, 2.24) is 9.71 Å². The SMILES string of the molecule is CCCC(COC)NS(=O)(=O)c1cnc(Cl)s1. The van der Waals surface area contributed by atoms with Gasteiger partial charge >= 0.3 is 0 Å². The van der Waals surface area contributed by atoms with Gasteiger partial charge < -0.3 is 4.74 Å². The van der Waals surface area contributed by atoms with Crippen LogP contribution in [0.2, 0.25) is 4.47 Å². The molecule has 98 valence electrons. The maximum absolute atomic E-state index is 12.0. The Balaban J connectivity index is 2.77. The molecule has 0 amide bonds. The third-order valence-corrected chi connectivity index (χ3v) is 5.14. The average Bonchev–Trinajstić information content (AvgIpc) is 2.66. The highest BCUT2D eigenvalue weighted by Crippen LogP contribution is 2.22. The van der Waals surface area contributed by atoms with Crippen LogP contribution in [0, 0.1) is 0 Å². The van der Waals surface area contributed by atoms with Crippen molar-refractivity contribution in [3.8, 4) is 0 Å². The monoisotopic (exact) mass is 298 g/mol. The Kier molecular flexibility index (Phi) is 5.81. The van der Waals surface area contributed by atoms with E-state index >= 15 is 0 Å². The molecule has 1 aromatic heterocycles. The summed E-state index contributed by atoms with van der Waals surface area (Å²) in [7, 11) is -2.00. The highest BCUT2D eigenvalue weighted by atomic mass is 35.5. The third-order valence-electron chi connectivity index (χ3n) is 2.05. The fourth-order valence-corrected chi connectivity index (χ4v) is 3.93. The van der Waals surface area contributed by atoms with E-state index in [0.29, 0.717) is 6.61 Å². The molecule has 0 saturated heterocycles. The largest absolute Gasteiger partial charge is 0.383 e. The van der Waals surface area contributed by atoms with Crippen molar-refractivity contribution >= 4 is 33.0 Å². The Hall–Kier alpha value is -0.210. The number of nitrogens with one attached hydrogen (secondary N) is 1. The van der Waals surface area contributed by atoms with E-state index < -0.39 is 10.0 Å². The highest BCUT2D eigenvalue weighted by molar-refractivity contribution is 7.91. The zero-order chi connectivity index (χ0) is 12.9. The van der Waals surface area contributed by atoms with E-state index in [1.165, 1.54) is 6.20 Å². The van der Waals surface area contributed by atoms with E-state index in [1.807, 2.05) is 6.92 Å². The van der Waals surface area contributed by atoms with Gasteiger partial charge in [-0.05, 0) is 6.42 Å². The summed E-state index contributed by atoms with van der Waals surface area (Å²) in [5, 5.41) is 0. The molecule has 0 bridgehead atoms. The first kappa shape index (κ1) is 14.8. The second kappa shape index (κ2) is 6.65. The number of aromatic nitrogens is 1. The van der Waals surface area contributed by atoms with Gasteiger partial charge in [-0.3, -0.25) is 0 Å². The molecule has 5 nitrogen and oxygen atoms in total. The Morgan fingerprint density at radius 3 is 2.82 bits per heavy atom. The second-order valence-electron chi connectivity index (χ2n) is 3.49. The van der Waals surface area contributed by atoms with E-state index in [-0.39, 0.29) is 14.7 Å². The predicted octanol–water partition coefficient (Wildman–Crippen LogP) is 1.89. The number of hydrogen-bond donors (Lipinski definition) is 1. The highest BCUT2D eigenvalue weighted by Gasteiger charge is 2.21. The Labute approximate surface area is 110 Å². The molecule has 0 aromatic carbocycles. The molecule has 0 fully saturated rings. The molecule has 1 N–H and O–H groups in total. The number of hydrogen-bond acceptors (Lipinski definition) is 5. The summed E-state index contributed by atoms with van der Waals surface area (Å²) in [4.78, 5) is 3.72. The molecule has 8 heteroatoms. The van der Waals surface area contributed by atoms with Gasteiger partial charge in [-0.15, -0.1) is 0 Å². The summed E-state index contributed by atoms with van der Waals surface area (Å²) >= 11 is 6.55. The van der Waals surface area contributed by atoms with Crippen LogP contribution in [0.5, 0.6) is 0 Å². The fourth-order valence-electron chi connectivity index (χ4n) is 1.37. The van der Waals surface area contributed by atoms with E-state index in [4.69, 9.17) is 16.3 Å². The number of rotatable bonds is 7. The second-order valence-corrected chi connectivity index (χ2v) is 7.05. The molecular formula is C9H15ClN2O3S2. The molecule has 17 heavy (non-hydrogen) atoms. The zero-order valence-electron chi connectivity index (χ0n) is 9.64. The lowest BCUT2D eigenvalue weighted by Crippen LogP contribution is -2.37. The maximum atomic E-state index is 12.0. The van der Waals surface area contributed by atoms with E-state index in [1.54, 1.807) is 7.11 Å². The lowest BCUT2D eigenvalue weighted by molar-refractivity contribution is 0.171. The standard InChI is InChI=1S/C9H15ClN2O3S2/c1-3-4-7(6-15-2)12-17(13,14)8-5-11-9(10)16-8/h5,7,12H,3-4,6H2,1-2H3. The molecular weight excluding hydrogens is 284 g/mol. The smallest absolute Gasteiger partial charge is 0.252 e. The summed E-state index contributed by atoms with van der Waals surface area (Å²) in [6.07, 6.45) is 2.85. The lowest BCUT2D eigenvalue weighted by Gasteiger charge is -2.16. The quantitative estimate of drug-likeness (QED) is 0.834.